The van der Waals surface area contributed by atoms with Crippen LogP contribution in [-0.2, 0) is 19.8 Å². The second-order valence-electron chi connectivity index (χ2n) is 11.7. The number of nitrogens with zero attached hydrogens (tertiary/aromatic N) is 2. The first-order chi connectivity index (χ1) is 16.3. The zero-order chi connectivity index (χ0) is 27.7. The van der Waals surface area contributed by atoms with Crippen LogP contribution in [0.4, 0.5) is 9.18 Å². The number of carbonyl (C=O) groups excluding carboxylic acids is 1. The summed E-state index contributed by atoms with van der Waals surface area (Å²) in [5.74, 6) is -2.23. The van der Waals surface area contributed by atoms with Gasteiger partial charge >= 0.3 is 12.1 Å². The number of hydrogen-bond acceptors (Lipinski definition) is 6. The molecule has 1 aromatic rings. The van der Waals surface area contributed by atoms with Crippen molar-refractivity contribution < 1.29 is 28.6 Å². The molecule has 7 nitrogen and oxygen atoms in total. The van der Waals surface area contributed by atoms with Crippen molar-refractivity contribution in [3.8, 4) is 0 Å². The molecule has 2 rings (SSSR count). The number of hydrogen-bond donors (Lipinski definition) is 1. The van der Waals surface area contributed by atoms with Crippen LogP contribution in [0.5, 0.6) is 0 Å². The minimum absolute atomic E-state index is 0.113. The Labute approximate surface area is 227 Å². The van der Waals surface area contributed by atoms with Gasteiger partial charge in [0.2, 0.25) is 0 Å². The number of benzene rings is 1. The zero-order valence-electron chi connectivity index (χ0n) is 22.6. The summed E-state index contributed by atoms with van der Waals surface area (Å²) < 4.78 is 25.8. The van der Waals surface area contributed by atoms with E-state index in [1.807, 2.05) is 0 Å². The average Bonchev–Trinajstić information content (AvgIpc) is 2.71. The van der Waals surface area contributed by atoms with Crippen LogP contribution in [0.25, 0.3) is 0 Å². The second kappa shape index (κ2) is 11.1. The van der Waals surface area contributed by atoms with E-state index >= 15 is 4.39 Å². The monoisotopic (exact) mass is 604 g/mol. The second-order valence-corrected chi connectivity index (χ2v) is 19.6. The molecular formula is C25H38BrFN2O5SSi. The fraction of sp³-hybridized carbons (Fsp3) is 0.640. The van der Waals surface area contributed by atoms with Crippen molar-refractivity contribution >= 4 is 53.0 Å². The van der Waals surface area contributed by atoms with Gasteiger partial charge in [-0.15, -0.1) is 0 Å². The topological polar surface area (TPSA) is 88.4 Å². The van der Waals surface area contributed by atoms with Crippen LogP contribution in [0.1, 0.15) is 47.1 Å². The summed E-state index contributed by atoms with van der Waals surface area (Å²) in [5.41, 5.74) is -1.85. The summed E-state index contributed by atoms with van der Waals surface area (Å²) in [6.07, 6.45) is -0.707. The van der Waals surface area contributed by atoms with Crippen molar-refractivity contribution in [3.05, 3.63) is 34.1 Å². The lowest BCUT2D eigenvalue weighted by Gasteiger charge is -2.47. The van der Waals surface area contributed by atoms with Crippen LogP contribution in [0.15, 0.2) is 27.7 Å². The summed E-state index contributed by atoms with van der Waals surface area (Å²) in [7, 11) is -1.38. The number of aliphatic carboxylic acids is 1. The normalized spacial score (nSPS) is 24.8. The molecule has 11 heteroatoms. The molecule has 0 spiro atoms. The lowest BCUT2D eigenvalue weighted by molar-refractivity contribution is -0.141. The van der Waals surface area contributed by atoms with E-state index in [1.54, 1.807) is 53.7 Å². The Morgan fingerprint density at radius 3 is 2.42 bits per heavy atom. The molecule has 1 heterocycles. The Hall–Kier alpha value is -1.43. The largest absolute Gasteiger partial charge is 0.480 e. The number of thioether (sulfide) groups is 1. The molecular weight excluding hydrogens is 567 g/mol. The van der Waals surface area contributed by atoms with Gasteiger partial charge in [-0.3, -0.25) is 9.79 Å². The Balaban J connectivity index is 2.62. The highest BCUT2D eigenvalue weighted by Gasteiger charge is 2.55. The van der Waals surface area contributed by atoms with Crippen LogP contribution in [-0.4, -0.2) is 59.0 Å². The third-order valence-electron chi connectivity index (χ3n) is 6.26. The lowest BCUT2D eigenvalue weighted by atomic mass is 9.74. The van der Waals surface area contributed by atoms with Gasteiger partial charge < -0.3 is 14.6 Å². The molecule has 0 radical (unpaired) electrons. The molecule has 1 N–H and O–H groups in total. The van der Waals surface area contributed by atoms with Gasteiger partial charge in [0.25, 0.3) is 0 Å². The van der Waals surface area contributed by atoms with Crippen molar-refractivity contribution in [3.63, 3.8) is 0 Å². The molecule has 1 aliphatic rings. The van der Waals surface area contributed by atoms with Gasteiger partial charge in [-0.25, -0.2) is 14.1 Å². The highest BCUT2D eigenvalue weighted by molar-refractivity contribution is 9.10. The van der Waals surface area contributed by atoms with Crippen LogP contribution in [0.2, 0.25) is 25.7 Å². The fourth-order valence-electron chi connectivity index (χ4n) is 3.69. The Morgan fingerprint density at radius 1 is 1.28 bits per heavy atom. The van der Waals surface area contributed by atoms with Crippen molar-refractivity contribution in [1.82, 2.24) is 4.90 Å². The molecule has 1 aliphatic heterocycles. The van der Waals surface area contributed by atoms with E-state index in [1.165, 1.54) is 11.0 Å². The van der Waals surface area contributed by atoms with Gasteiger partial charge in [0, 0.05) is 30.6 Å². The maximum atomic E-state index is 15.1. The third kappa shape index (κ3) is 7.32. The number of ether oxygens (including phenoxy) is 2. The first-order valence-corrected chi connectivity index (χ1v) is 17.2. The van der Waals surface area contributed by atoms with Gasteiger partial charge in [-0.1, -0.05) is 54.3 Å². The van der Waals surface area contributed by atoms with E-state index in [-0.39, 0.29) is 17.5 Å². The maximum Gasteiger partial charge on any atom is 0.418 e. The molecule has 0 saturated carbocycles. The minimum atomic E-state index is -1.42. The molecule has 36 heavy (non-hydrogen) atoms. The molecule has 0 aliphatic carbocycles. The van der Waals surface area contributed by atoms with Crippen molar-refractivity contribution in [2.75, 3.05) is 13.3 Å². The van der Waals surface area contributed by atoms with E-state index in [2.05, 4.69) is 35.6 Å². The summed E-state index contributed by atoms with van der Waals surface area (Å²) in [6.45, 7) is 17.2. The minimum Gasteiger partial charge on any atom is -0.480 e. The van der Waals surface area contributed by atoms with Gasteiger partial charge in [-0.2, -0.15) is 0 Å². The van der Waals surface area contributed by atoms with Gasteiger partial charge in [0.05, 0.1) is 5.54 Å². The maximum absolute atomic E-state index is 15.1. The highest BCUT2D eigenvalue weighted by atomic mass is 79.9. The van der Waals surface area contributed by atoms with Crippen LogP contribution < -0.4 is 0 Å². The number of rotatable bonds is 7. The summed E-state index contributed by atoms with van der Waals surface area (Å²) in [6, 6.07) is 5.38. The number of halogens is 2. The van der Waals surface area contributed by atoms with Crippen molar-refractivity contribution in [2.45, 2.75) is 83.1 Å². The molecule has 0 saturated heterocycles. The highest BCUT2D eigenvalue weighted by Crippen LogP contribution is 2.52. The van der Waals surface area contributed by atoms with Crippen LogP contribution >= 0.6 is 27.7 Å². The molecule has 1 unspecified atom stereocenters. The lowest BCUT2D eigenvalue weighted by Crippen LogP contribution is -2.55. The van der Waals surface area contributed by atoms with E-state index in [4.69, 9.17) is 14.5 Å². The first-order valence-electron chi connectivity index (χ1n) is 11.9. The molecule has 202 valence electrons. The van der Waals surface area contributed by atoms with E-state index in [0.29, 0.717) is 11.1 Å². The molecule has 3 atom stereocenters. The number of amidine groups is 1. The Bertz CT molecular complexity index is 1030. The van der Waals surface area contributed by atoms with E-state index < -0.39 is 47.8 Å². The Morgan fingerprint density at radius 2 is 1.89 bits per heavy atom. The van der Waals surface area contributed by atoms with E-state index in [9.17, 15) is 14.7 Å². The van der Waals surface area contributed by atoms with Gasteiger partial charge in [0.15, 0.2) is 5.17 Å². The summed E-state index contributed by atoms with van der Waals surface area (Å²) >= 11 is 4.34. The van der Waals surface area contributed by atoms with E-state index in [0.717, 1.165) is 17.8 Å². The molecule has 0 fully saturated rings. The predicted molar refractivity (Wildman–Crippen MR) is 149 cm³/mol. The number of amides is 1. The molecule has 0 bridgehead atoms. The molecule has 0 aromatic heterocycles. The van der Waals surface area contributed by atoms with Crippen molar-refractivity contribution in [1.29, 1.82) is 0 Å². The fourth-order valence-corrected chi connectivity index (χ4v) is 6.16. The molecule has 1 amide bonds. The Kier molecular flexibility index (Phi) is 9.52. The van der Waals surface area contributed by atoms with Crippen LogP contribution in [0, 0.1) is 11.7 Å². The number of carboxylic acid groups (broad SMARTS) is 1. The first kappa shape index (κ1) is 30.8. The predicted octanol–water partition coefficient (Wildman–Crippen LogP) is 6.94. The standard InChI is InChI=1S/C25H38BrFN2O5SSi/c1-16-24(5,18-14-17(26)10-11-19(18)27)28-21(35-25(16,6)20(30)31)29(22(32)34-23(2,3)4)15-33-12-13-36(7,8)9/h10-11,14,16H,12-13,15H2,1-9H3,(H,30,31)/t16?,24-,25-/m0/s1. The van der Waals surface area contributed by atoms with Crippen molar-refractivity contribution in [2.24, 2.45) is 10.9 Å². The third-order valence-corrected chi connectivity index (χ3v) is 9.90. The SMILES string of the molecule is CC1[C@@](C)(C(=O)O)SC(N(COCC[Si](C)(C)C)C(=O)OC(C)(C)C)=N[C@]1(C)c1cc(Br)ccc1F. The number of carboxylic acids is 1. The average molecular weight is 606 g/mol. The molecule has 1 aromatic carbocycles. The zero-order valence-corrected chi connectivity index (χ0v) is 26.0. The smallest absolute Gasteiger partial charge is 0.418 e. The summed E-state index contributed by atoms with van der Waals surface area (Å²) in [4.78, 5) is 31.9. The number of aliphatic imine (C=N–C) groups is 1. The summed E-state index contributed by atoms with van der Waals surface area (Å²) in [5, 5.41) is 10.4. The quantitative estimate of drug-likeness (QED) is 0.206. The number of carbonyl (C=O) groups is 2. The van der Waals surface area contributed by atoms with Gasteiger partial charge in [0.1, 0.15) is 22.9 Å². The van der Waals surface area contributed by atoms with Gasteiger partial charge in [-0.05, 0) is 58.9 Å². The van der Waals surface area contributed by atoms with Crippen LogP contribution in [0.3, 0.4) is 0 Å².